The van der Waals surface area contributed by atoms with Crippen molar-refractivity contribution in [2.75, 3.05) is 0 Å². The molecule has 0 saturated heterocycles. The summed E-state index contributed by atoms with van der Waals surface area (Å²) in [5.41, 5.74) is 4.03. The second-order valence-electron chi connectivity index (χ2n) is 6.79. The summed E-state index contributed by atoms with van der Waals surface area (Å²) in [6, 6.07) is 29.9. The molecule has 132 valence electrons. The van der Waals surface area contributed by atoms with E-state index >= 15 is 0 Å². The fraction of sp³-hybridized carbons (Fsp3) is 0.200. The summed E-state index contributed by atoms with van der Waals surface area (Å²) in [6.45, 7) is 4.06. The first-order valence-electron chi connectivity index (χ1n) is 9.21. The predicted molar refractivity (Wildman–Crippen MR) is 113 cm³/mol. The number of aryl methyl sites for hydroxylation is 1. The highest BCUT2D eigenvalue weighted by Gasteiger charge is 2.32. The Balaban J connectivity index is 1.89. The zero-order chi connectivity index (χ0) is 18.2. The molecule has 0 aliphatic carbocycles. The van der Waals surface area contributed by atoms with Gasteiger partial charge in [0.05, 0.1) is 0 Å². The summed E-state index contributed by atoms with van der Waals surface area (Å²) in [4.78, 5) is 0. The molecule has 0 nitrogen and oxygen atoms in total. The Hall–Kier alpha value is -2.31. The van der Waals surface area contributed by atoms with E-state index in [1.807, 2.05) is 12.1 Å². The molecule has 0 atom stereocenters. The first-order chi connectivity index (χ1) is 12.7. The van der Waals surface area contributed by atoms with Gasteiger partial charge in [-0.2, -0.15) is 0 Å². The van der Waals surface area contributed by atoms with Crippen molar-refractivity contribution >= 4 is 11.6 Å². The third-order valence-electron chi connectivity index (χ3n) is 5.13. The first-order valence-corrected chi connectivity index (χ1v) is 9.59. The highest BCUT2D eigenvalue weighted by atomic mass is 35.5. The summed E-state index contributed by atoms with van der Waals surface area (Å²) < 4.78 is 0. The molecule has 1 heteroatoms. The third-order valence-corrected chi connectivity index (χ3v) is 5.38. The molecule has 0 unspecified atom stereocenters. The van der Waals surface area contributed by atoms with E-state index in [0.29, 0.717) is 0 Å². The van der Waals surface area contributed by atoms with Crippen molar-refractivity contribution in [2.24, 2.45) is 0 Å². The van der Waals surface area contributed by atoms with Gasteiger partial charge in [-0.3, -0.25) is 0 Å². The highest BCUT2D eigenvalue weighted by molar-refractivity contribution is 6.30. The van der Waals surface area contributed by atoms with Gasteiger partial charge in [0, 0.05) is 10.4 Å². The van der Waals surface area contributed by atoms with Gasteiger partial charge < -0.3 is 0 Å². The molecule has 0 aliphatic rings. The van der Waals surface area contributed by atoms with E-state index in [4.69, 9.17) is 11.6 Å². The molecule has 0 amide bonds. The van der Waals surface area contributed by atoms with Crippen LogP contribution in [-0.4, -0.2) is 0 Å². The maximum atomic E-state index is 6.01. The molecule has 0 spiro atoms. The molecule has 26 heavy (non-hydrogen) atoms. The lowest BCUT2D eigenvalue weighted by Crippen LogP contribution is -2.27. The molecule has 3 aromatic rings. The Morgan fingerprint density at radius 3 is 1.81 bits per heavy atom. The molecule has 0 heterocycles. The minimum absolute atomic E-state index is 0.0311. The van der Waals surface area contributed by atoms with Crippen molar-refractivity contribution in [3.05, 3.63) is 119 Å². The van der Waals surface area contributed by atoms with Gasteiger partial charge in [0.2, 0.25) is 0 Å². The van der Waals surface area contributed by atoms with Gasteiger partial charge >= 0.3 is 0 Å². The standard InChI is InChI=1S/C25H25Cl/c1-2-19-25(22-11-5-3-6-12-22,23-13-7-4-8-14-23)20-9-10-21-15-17-24(26)18-16-21/h2-8,11-18H,1,9-10,19-20H2. The largest absolute Gasteiger partial charge is 0.103 e. The van der Waals surface area contributed by atoms with Gasteiger partial charge in [0.25, 0.3) is 0 Å². The number of hydrogen-bond acceptors (Lipinski definition) is 0. The van der Waals surface area contributed by atoms with Gasteiger partial charge in [-0.15, -0.1) is 6.58 Å². The molecular weight excluding hydrogens is 336 g/mol. The number of hydrogen-bond donors (Lipinski definition) is 0. The first kappa shape index (κ1) is 18.5. The van der Waals surface area contributed by atoms with Gasteiger partial charge in [-0.1, -0.05) is 90.5 Å². The van der Waals surface area contributed by atoms with Crippen LogP contribution in [0.3, 0.4) is 0 Å². The van der Waals surface area contributed by atoms with E-state index in [1.165, 1.54) is 16.7 Å². The zero-order valence-electron chi connectivity index (χ0n) is 15.1. The maximum Gasteiger partial charge on any atom is 0.0406 e. The normalized spacial score (nSPS) is 11.3. The smallest absolute Gasteiger partial charge is 0.0406 e. The molecule has 0 fully saturated rings. The van der Waals surface area contributed by atoms with Crippen LogP contribution in [0.1, 0.15) is 36.0 Å². The lowest BCUT2D eigenvalue weighted by atomic mass is 9.69. The van der Waals surface area contributed by atoms with Crippen molar-refractivity contribution in [2.45, 2.75) is 31.1 Å². The summed E-state index contributed by atoms with van der Waals surface area (Å²) in [7, 11) is 0. The van der Waals surface area contributed by atoms with E-state index < -0.39 is 0 Å². The third kappa shape index (κ3) is 4.26. The average Bonchev–Trinajstić information content (AvgIpc) is 2.70. The Kier molecular flexibility index (Phi) is 6.30. The van der Waals surface area contributed by atoms with E-state index in [-0.39, 0.29) is 5.41 Å². The number of allylic oxidation sites excluding steroid dienone is 1. The van der Waals surface area contributed by atoms with Crippen LogP contribution in [-0.2, 0) is 11.8 Å². The van der Waals surface area contributed by atoms with Crippen LogP contribution < -0.4 is 0 Å². The molecule has 3 aromatic carbocycles. The van der Waals surface area contributed by atoms with Gasteiger partial charge in [0.1, 0.15) is 0 Å². The van der Waals surface area contributed by atoms with E-state index in [9.17, 15) is 0 Å². The van der Waals surface area contributed by atoms with Crippen molar-refractivity contribution in [3.8, 4) is 0 Å². The van der Waals surface area contributed by atoms with E-state index in [0.717, 1.165) is 30.7 Å². The topological polar surface area (TPSA) is 0 Å². The molecular formula is C25H25Cl. The minimum Gasteiger partial charge on any atom is -0.103 e. The van der Waals surface area contributed by atoms with Crippen LogP contribution in [0.2, 0.25) is 5.02 Å². The fourth-order valence-electron chi connectivity index (χ4n) is 3.80. The monoisotopic (exact) mass is 360 g/mol. The second-order valence-corrected chi connectivity index (χ2v) is 7.22. The quantitative estimate of drug-likeness (QED) is 0.372. The Morgan fingerprint density at radius 1 is 0.769 bits per heavy atom. The maximum absolute atomic E-state index is 6.01. The van der Waals surface area contributed by atoms with Crippen LogP contribution >= 0.6 is 11.6 Å². The molecule has 0 N–H and O–H groups in total. The molecule has 0 aromatic heterocycles. The van der Waals surface area contributed by atoms with Crippen molar-refractivity contribution in [3.63, 3.8) is 0 Å². The number of benzene rings is 3. The Bertz CT molecular complexity index is 764. The molecule has 0 bridgehead atoms. The van der Waals surface area contributed by atoms with Gasteiger partial charge in [-0.05, 0) is 54.5 Å². The summed E-state index contributed by atoms with van der Waals surface area (Å²) >= 11 is 6.01. The van der Waals surface area contributed by atoms with Crippen LogP contribution in [0.4, 0.5) is 0 Å². The lowest BCUT2D eigenvalue weighted by Gasteiger charge is -2.35. The van der Waals surface area contributed by atoms with Crippen molar-refractivity contribution in [1.82, 2.24) is 0 Å². The highest BCUT2D eigenvalue weighted by Crippen LogP contribution is 2.40. The average molecular weight is 361 g/mol. The van der Waals surface area contributed by atoms with Gasteiger partial charge in [-0.25, -0.2) is 0 Å². The van der Waals surface area contributed by atoms with Crippen molar-refractivity contribution < 1.29 is 0 Å². The molecule has 0 radical (unpaired) electrons. The summed E-state index contributed by atoms with van der Waals surface area (Å²) in [5, 5.41) is 0.795. The Morgan fingerprint density at radius 2 is 1.31 bits per heavy atom. The van der Waals surface area contributed by atoms with Crippen LogP contribution in [0, 0.1) is 0 Å². The second kappa shape index (κ2) is 8.87. The lowest BCUT2D eigenvalue weighted by molar-refractivity contribution is 0.460. The summed E-state index contributed by atoms with van der Waals surface area (Å²) in [6.07, 6.45) is 6.23. The van der Waals surface area contributed by atoms with Crippen LogP contribution in [0.25, 0.3) is 0 Å². The Labute approximate surface area is 162 Å². The molecule has 0 aliphatic heterocycles. The molecule has 3 rings (SSSR count). The minimum atomic E-state index is -0.0311. The van der Waals surface area contributed by atoms with Crippen LogP contribution in [0.15, 0.2) is 97.6 Å². The van der Waals surface area contributed by atoms with Crippen LogP contribution in [0.5, 0.6) is 0 Å². The van der Waals surface area contributed by atoms with Gasteiger partial charge in [0.15, 0.2) is 0 Å². The van der Waals surface area contributed by atoms with Crippen molar-refractivity contribution in [1.29, 1.82) is 0 Å². The fourth-order valence-corrected chi connectivity index (χ4v) is 3.93. The zero-order valence-corrected chi connectivity index (χ0v) is 15.8. The predicted octanol–water partition coefficient (Wildman–Crippen LogP) is 7.23. The number of halogens is 1. The number of rotatable bonds is 8. The van der Waals surface area contributed by atoms with E-state index in [1.54, 1.807) is 0 Å². The molecule has 0 saturated carbocycles. The summed E-state index contributed by atoms with van der Waals surface area (Å²) in [5.74, 6) is 0. The SMILES string of the molecule is C=CCC(CCCc1ccc(Cl)cc1)(c1ccccc1)c1ccccc1. The van der Waals surface area contributed by atoms with E-state index in [2.05, 4.69) is 85.5 Å².